The van der Waals surface area contributed by atoms with E-state index in [0.29, 0.717) is 24.5 Å². The molecule has 1 aromatic carbocycles. The summed E-state index contributed by atoms with van der Waals surface area (Å²) in [5.41, 5.74) is 0.795. The van der Waals surface area contributed by atoms with Crippen LogP contribution < -0.4 is 10.6 Å². The highest BCUT2D eigenvalue weighted by Crippen LogP contribution is 2.15. The number of nitrogens with one attached hydrogen (secondary N) is 2. The van der Waals surface area contributed by atoms with Crippen LogP contribution in [0.2, 0.25) is 5.02 Å². The zero-order chi connectivity index (χ0) is 15.2. The van der Waals surface area contributed by atoms with Crippen molar-refractivity contribution in [2.45, 2.75) is 25.8 Å². The molecule has 1 atom stereocenters. The molecule has 1 aliphatic heterocycles. The summed E-state index contributed by atoms with van der Waals surface area (Å²) in [5, 5.41) is 6.51. The van der Waals surface area contributed by atoms with Gasteiger partial charge >= 0.3 is 0 Å². The number of carbonyl (C=O) groups excluding carboxylic acids is 2. The Hall–Kier alpha value is -1.75. The minimum atomic E-state index is -0.374. The fourth-order valence-corrected chi connectivity index (χ4v) is 2.65. The van der Waals surface area contributed by atoms with E-state index in [4.69, 9.17) is 11.6 Å². The number of hydrogen-bond donors (Lipinski definition) is 2. The van der Waals surface area contributed by atoms with E-state index in [1.807, 2.05) is 19.1 Å². The Morgan fingerprint density at radius 3 is 3.05 bits per heavy atom. The van der Waals surface area contributed by atoms with Crippen LogP contribution >= 0.6 is 11.6 Å². The van der Waals surface area contributed by atoms with Gasteiger partial charge in [-0.05, 0) is 31.0 Å². The third kappa shape index (κ3) is 4.11. The number of amides is 2. The second-order valence-electron chi connectivity index (χ2n) is 5.02. The number of carbonyl (C=O) groups is 2. The predicted molar refractivity (Wildman–Crippen MR) is 83.4 cm³/mol. The predicted octanol–water partition coefficient (Wildman–Crippen LogP) is 1.88. The minimum Gasteiger partial charge on any atom is -0.376 e. The molecular formula is C15H20ClN3O2. The van der Waals surface area contributed by atoms with Gasteiger partial charge in [0, 0.05) is 23.8 Å². The molecule has 2 rings (SSSR count). The topological polar surface area (TPSA) is 61.4 Å². The monoisotopic (exact) mass is 309 g/mol. The lowest BCUT2D eigenvalue weighted by atomic mass is 10.1. The number of hydrogen-bond acceptors (Lipinski definition) is 3. The molecule has 5 nitrogen and oxygen atoms in total. The quantitative estimate of drug-likeness (QED) is 0.892. The van der Waals surface area contributed by atoms with Crippen LogP contribution in [0, 0.1) is 0 Å². The van der Waals surface area contributed by atoms with Crippen LogP contribution in [-0.2, 0) is 9.59 Å². The zero-order valence-electron chi connectivity index (χ0n) is 12.1. The van der Waals surface area contributed by atoms with Crippen molar-refractivity contribution in [1.29, 1.82) is 0 Å². The summed E-state index contributed by atoms with van der Waals surface area (Å²) in [6.45, 7) is 3.30. The third-order valence-corrected chi connectivity index (χ3v) is 3.76. The maximum atomic E-state index is 12.4. The van der Waals surface area contributed by atoms with E-state index in [1.54, 1.807) is 17.0 Å². The molecule has 0 aromatic heterocycles. The van der Waals surface area contributed by atoms with Gasteiger partial charge in [0.15, 0.2) is 0 Å². The SMILES string of the molecule is CC[C@H]1C(=O)NCCCN1C(=O)CNc1cccc(Cl)c1. The molecule has 0 bridgehead atoms. The molecule has 1 heterocycles. The van der Waals surface area contributed by atoms with Gasteiger partial charge in [-0.15, -0.1) is 0 Å². The average molecular weight is 310 g/mol. The highest BCUT2D eigenvalue weighted by molar-refractivity contribution is 6.30. The first-order chi connectivity index (χ1) is 10.1. The van der Waals surface area contributed by atoms with Gasteiger partial charge in [0.05, 0.1) is 6.54 Å². The van der Waals surface area contributed by atoms with Crippen LogP contribution in [0.5, 0.6) is 0 Å². The second kappa shape index (κ2) is 7.31. The Bertz CT molecular complexity index is 521. The van der Waals surface area contributed by atoms with Gasteiger partial charge in [-0.25, -0.2) is 0 Å². The Morgan fingerprint density at radius 1 is 1.52 bits per heavy atom. The molecule has 2 amide bonds. The first-order valence-electron chi connectivity index (χ1n) is 7.18. The third-order valence-electron chi connectivity index (χ3n) is 3.53. The number of rotatable bonds is 4. The van der Waals surface area contributed by atoms with Gasteiger partial charge in [-0.3, -0.25) is 9.59 Å². The Morgan fingerprint density at radius 2 is 2.33 bits per heavy atom. The van der Waals surface area contributed by atoms with Crippen LogP contribution in [0.25, 0.3) is 0 Å². The molecule has 21 heavy (non-hydrogen) atoms. The Labute approximate surface area is 129 Å². The van der Waals surface area contributed by atoms with Crippen LogP contribution in [0.15, 0.2) is 24.3 Å². The molecule has 0 unspecified atom stereocenters. The molecule has 1 fully saturated rings. The molecular weight excluding hydrogens is 290 g/mol. The van der Waals surface area contributed by atoms with Crippen molar-refractivity contribution in [2.75, 3.05) is 25.0 Å². The summed E-state index contributed by atoms with van der Waals surface area (Å²) < 4.78 is 0. The highest BCUT2D eigenvalue weighted by Gasteiger charge is 2.29. The van der Waals surface area contributed by atoms with Gasteiger partial charge in [-0.2, -0.15) is 0 Å². The van der Waals surface area contributed by atoms with E-state index in [9.17, 15) is 9.59 Å². The van der Waals surface area contributed by atoms with Crippen molar-refractivity contribution in [3.05, 3.63) is 29.3 Å². The van der Waals surface area contributed by atoms with E-state index in [2.05, 4.69) is 10.6 Å². The minimum absolute atomic E-state index is 0.0638. The lowest BCUT2D eigenvalue weighted by molar-refractivity contribution is -0.138. The summed E-state index contributed by atoms with van der Waals surface area (Å²) in [4.78, 5) is 26.0. The molecule has 1 aromatic rings. The lowest BCUT2D eigenvalue weighted by Gasteiger charge is -2.27. The number of nitrogens with zero attached hydrogens (tertiary/aromatic N) is 1. The van der Waals surface area contributed by atoms with E-state index in [1.165, 1.54) is 0 Å². The van der Waals surface area contributed by atoms with Gasteiger partial charge in [0.2, 0.25) is 11.8 Å². The van der Waals surface area contributed by atoms with Crippen LogP contribution in [0.4, 0.5) is 5.69 Å². The van der Waals surface area contributed by atoms with Gasteiger partial charge in [0.1, 0.15) is 6.04 Å². The standard InChI is InChI=1S/C15H20ClN3O2/c1-2-13-15(21)17-7-4-8-19(13)14(20)10-18-12-6-3-5-11(16)9-12/h3,5-6,9,13,18H,2,4,7-8,10H2,1H3,(H,17,21)/t13-/m0/s1. The van der Waals surface area contributed by atoms with E-state index < -0.39 is 0 Å². The first-order valence-corrected chi connectivity index (χ1v) is 7.56. The van der Waals surface area contributed by atoms with Gasteiger partial charge < -0.3 is 15.5 Å². The van der Waals surface area contributed by atoms with Crippen molar-refractivity contribution in [2.24, 2.45) is 0 Å². The van der Waals surface area contributed by atoms with Crippen molar-refractivity contribution in [3.8, 4) is 0 Å². The number of benzene rings is 1. The summed E-state index contributed by atoms with van der Waals surface area (Å²) in [5.74, 6) is -0.134. The molecule has 0 saturated carbocycles. The van der Waals surface area contributed by atoms with Crippen molar-refractivity contribution >= 4 is 29.1 Å². The Kier molecular flexibility index (Phi) is 5.44. The maximum absolute atomic E-state index is 12.4. The summed E-state index contributed by atoms with van der Waals surface area (Å²) in [7, 11) is 0. The van der Waals surface area contributed by atoms with E-state index >= 15 is 0 Å². The zero-order valence-corrected chi connectivity index (χ0v) is 12.8. The largest absolute Gasteiger partial charge is 0.376 e. The summed E-state index contributed by atoms with van der Waals surface area (Å²) >= 11 is 5.91. The summed E-state index contributed by atoms with van der Waals surface area (Å²) in [6.07, 6.45) is 1.40. The van der Waals surface area contributed by atoms with Crippen molar-refractivity contribution < 1.29 is 9.59 Å². The maximum Gasteiger partial charge on any atom is 0.242 e. The summed E-state index contributed by atoms with van der Waals surface area (Å²) in [6, 6.07) is 6.85. The fourth-order valence-electron chi connectivity index (χ4n) is 2.46. The fraction of sp³-hybridized carbons (Fsp3) is 0.467. The van der Waals surface area contributed by atoms with E-state index in [-0.39, 0.29) is 24.4 Å². The molecule has 6 heteroatoms. The molecule has 0 aliphatic carbocycles. The van der Waals surface area contributed by atoms with E-state index in [0.717, 1.165) is 12.1 Å². The average Bonchev–Trinajstić information content (AvgIpc) is 2.66. The van der Waals surface area contributed by atoms with Gasteiger partial charge in [-0.1, -0.05) is 24.6 Å². The number of halogens is 1. The first kappa shape index (κ1) is 15.6. The highest BCUT2D eigenvalue weighted by atomic mass is 35.5. The van der Waals surface area contributed by atoms with Crippen molar-refractivity contribution in [1.82, 2.24) is 10.2 Å². The molecule has 2 N–H and O–H groups in total. The van der Waals surface area contributed by atoms with Gasteiger partial charge in [0.25, 0.3) is 0 Å². The van der Waals surface area contributed by atoms with Crippen LogP contribution in [-0.4, -0.2) is 42.4 Å². The normalized spacial score (nSPS) is 18.9. The molecule has 1 saturated heterocycles. The smallest absolute Gasteiger partial charge is 0.242 e. The molecule has 0 spiro atoms. The molecule has 1 aliphatic rings. The molecule has 114 valence electrons. The van der Waals surface area contributed by atoms with Crippen molar-refractivity contribution in [3.63, 3.8) is 0 Å². The Balaban J connectivity index is 1.99. The second-order valence-corrected chi connectivity index (χ2v) is 5.46. The lowest BCUT2D eigenvalue weighted by Crippen LogP contribution is -2.48. The van der Waals surface area contributed by atoms with Crippen LogP contribution in [0.3, 0.4) is 0 Å². The number of anilines is 1. The van der Waals surface area contributed by atoms with Crippen LogP contribution in [0.1, 0.15) is 19.8 Å². The molecule has 0 radical (unpaired) electrons.